The monoisotopic (exact) mass is 182 g/mol. The Morgan fingerprint density at radius 1 is 1.08 bits per heavy atom. The van der Waals surface area contributed by atoms with Gasteiger partial charge in [-0.1, -0.05) is 24.5 Å². The molecule has 2 aliphatic rings. The first-order chi connectivity index (χ1) is 5.86. The second-order valence-electron chi connectivity index (χ2n) is 4.19. The summed E-state index contributed by atoms with van der Waals surface area (Å²) in [5.41, 5.74) is 1.65. The zero-order valence-corrected chi connectivity index (χ0v) is 8.52. The summed E-state index contributed by atoms with van der Waals surface area (Å²) in [7, 11) is 0. The van der Waals surface area contributed by atoms with Crippen molar-refractivity contribution in [3.63, 3.8) is 0 Å². The molecule has 0 saturated heterocycles. The molecule has 0 N–H and O–H groups in total. The van der Waals surface area contributed by atoms with E-state index in [1.54, 1.807) is 5.57 Å². The second kappa shape index (κ2) is 3.87. The van der Waals surface area contributed by atoms with Gasteiger partial charge in [0.25, 0.3) is 0 Å². The summed E-state index contributed by atoms with van der Waals surface area (Å²) in [6, 6.07) is 0. The van der Waals surface area contributed by atoms with Crippen molar-refractivity contribution in [1.82, 2.24) is 0 Å². The van der Waals surface area contributed by atoms with E-state index < -0.39 is 0 Å². The van der Waals surface area contributed by atoms with Gasteiger partial charge in [0.15, 0.2) is 0 Å². The molecule has 0 aliphatic heterocycles. The number of hydrogen-bond acceptors (Lipinski definition) is 1. The summed E-state index contributed by atoms with van der Waals surface area (Å²) in [5, 5.41) is 0.591. The summed E-state index contributed by atoms with van der Waals surface area (Å²) in [6.07, 6.45) is 12.3. The highest BCUT2D eigenvalue weighted by Gasteiger charge is 2.19. The molecule has 0 saturated carbocycles. The van der Waals surface area contributed by atoms with E-state index in [4.69, 9.17) is 0 Å². The van der Waals surface area contributed by atoms with E-state index in [9.17, 15) is 0 Å². The highest BCUT2D eigenvalue weighted by Crippen LogP contribution is 2.34. The zero-order chi connectivity index (χ0) is 8.39. The zero-order valence-electron chi connectivity index (χ0n) is 7.63. The van der Waals surface area contributed by atoms with E-state index in [1.165, 1.54) is 44.9 Å². The fourth-order valence-corrected chi connectivity index (χ4v) is 2.87. The first-order valence-electron chi connectivity index (χ1n) is 5.25. The van der Waals surface area contributed by atoms with Crippen LogP contribution in [0.4, 0.5) is 0 Å². The molecule has 68 valence electrons. The molecule has 0 amide bonds. The van der Waals surface area contributed by atoms with E-state index >= 15 is 0 Å². The number of hydrogen-bond donors (Lipinski definition) is 1. The molecule has 0 spiro atoms. The van der Waals surface area contributed by atoms with Gasteiger partial charge in [0.1, 0.15) is 0 Å². The summed E-state index contributed by atoms with van der Waals surface area (Å²) >= 11 is 4.66. The fourth-order valence-electron chi connectivity index (χ4n) is 2.47. The van der Waals surface area contributed by atoms with Crippen molar-refractivity contribution in [3.8, 4) is 0 Å². The van der Waals surface area contributed by atoms with E-state index in [0.29, 0.717) is 5.25 Å². The van der Waals surface area contributed by atoms with Crippen LogP contribution in [0.1, 0.15) is 44.9 Å². The summed E-state index contributed by atoms with van der Waals surface area (Å²) in [4.78, 5) is 0. The summed E-state index contributed by atoms with van der Waals surface area (Å²) < 4.78 is 0. The lowest BCUT2D eigenvalue weighted by Gasteiger charge is -2.27. The van der Waals surface area contributed by atoms with Gasteiger partial charge < -0.3 is 0 Å². The van der Waals surface area contributed by atoms with Crippen LogP contribution in [0.25, 0.3) is 0 Å². The Morgan fingerprint density at radius 3 is 2.75 bits per heavy atom. The molecule has 2 rings (SSSR count). The van der Waals surface area contributed by atoms with Crippen LogP contribution in [0.5, 0.6) is 0 Å². The lowest BCUT2D eigenvalue weighted by atomic mass is 9.83. The molecule has 0 radical (unpaired) electrons. The predicted molar refractivity (Wildman–Crippen MR) is 56.7 cm³/mol. The maximum absolute atomic E-state index is 4.66. The van der Waals surface area contributed by atoms with Crippen molar-refractivity contribution in [2.75, 3.05) is 0 Å². The van der Waals surface area contributed by atoms with Crippen molar-refractivity contribution < 1.29 is 0 Å². The van der Waals surface area contributed by atoms with Gasteiger partial charge in [-0.05, 0) is 38.0 Å². The second-order valence-corrected chi connectivity index (χ2v) is 4.82. The molecule has 2 aliphatic carbocycles. The number of thiol groups is 1. The van der Waals surface area contributed by atoms with Crippen LogP contribution in [0.15, 0.2) is 11.6 Å². The maximum Gasteiger partial charge on any atom is 0.0226 e. The molecule has 0 aromatic heterocycles. The molecule has 0 heterocycles. The lowest BCUT2D eigenvalue weighted by Crippen LogP contribution is -2.14. The van der Waals surface area contributed by atoms with Crippen LogP contribution in [0, 0.1) is 5.92 Å². The van der Waals surface area contributed by atoms with Gasteiger partial charge in [0, 0.05) is 5.25 Å². The van der Waals surface area contributed by atoms with Crippen molar-refractivity contribution in [3.05, 3.63) is 11.6 Å². The average Bonchev–Trinajstić information content (AvgIpc) is 2.11. The van der Waals surface area contributed by atoms with Gasteiger partial charge in [0.05, 0.1) is 0 Å². The molecule has 0 aromatic carbocycles. The number of rotatable bonds is 0. The van der Waals surface area contributed by atoms with Crippen molar-refractivity contribution >= 4 is 12.6 Å². The van der Waals surface area contributed by atoms with Crippen molar-refractivity contribution in [1.29, 1.82) is 0 Å². The Balaban J connectivity index is 2.12. The normalized spacial score (nSPS) is 36.6. The number of allylic oxidation sites excluding steroid dienone is 1. The van der Waals surface area contributed by atoms with Gasteiger partial charge in [0.2, 0.25) is 0 Å². The predicted octanol–water partition coefficient (Wildman–Crippen LogP) is 3.59. The molecule has 1 heteroatoms. The molecule has 2 unspecified atom stereocenters. The third-order valence-corrected chi connectivity index (χ3v) is 3.81. The van der Waals surface area contributed by atoms with Gasteiger partial charge in [-0.15, -0.1) is 0 Å². The first-order valence-corrected chi connectivity index (χ1v) is 5.76. The standard InChI is InChI=1S/C11H18S/c12-11-7-2-1-4-9-5-3-6-10(11)8-9/h8-9,11-12H,1-7H2. The van der Waals surface area contributed by atoms with Crippen molar-refractivity contribution in [2.45, 2.75) is 50.2 Å². The van der Waals surface area contributed by atoms with Crippen LogP contribution in [0.3, 0.4) is 0 Å². The topological polar surface area (TPSA) is 0 Å². The molecule has 2 bridgehead atoms. The SMILES string of the molecule is SC1CCCCC2C=C1CCC2. The fraction of sp³-hybridized carbons (Fsp3) is 0.818. The minimum absolute atomic E-state index is 0.591. The van der Waals surface area contributed by atoms with E-state index in [2.05, 4.69) is 18.7 Å². The highest BCUT2D eigenvalue weighted by molar-refractivity contribution is 7.81. The van der Waals surface area contributed by atoms with Crippen molar-refractivity contribution in [2.24, 2.45) is 5.92 Å². The Bertz CT molecular complexity index is 183. The molecular weight excluding hydrogens is 164 g/mol. The maximum atomic E-state index is 4.66. The first kappa shape index (κ1) is 8.68. The van der Waals surface area contributed by atoms with Gasteiger partial charge in [-0.2, -0.15) is 12.6 Å². The van der Waals surface area contributed by atoms with E-state index in [-0.39, 0.29) is 0 Å². The Kier molecular flexibility index (Phi) is 2.80. The van der Waals surface area contributed by atoms with Crippen LogP contribution in [-0.4, -0.2) is 5.25 Å². The quantitative estimate of drug-likeness (QED) is 0.429. The third kappa shape index (κ3) is 1.87. The van der Waals surface area contributed by atoms with Crippen LogP contribution in [0.2, 0.25) is 0 Å². The average molecular weight is 182 g/mol. The number of fused-ring (bicyclic) bond motifs is 1. The Morgan fingerprint density at radius 2 is 1.83 bits per heavy atom. The van der Waals surface area contributed by atoms with Gasteiger partial charge in [-0.25, -0.2) is 0 Å². The lowest BCUT2D eigenvalue weighted by molar-refractivity contribution is 0.444. The van der Waals surface area contributed by atoms with E-state index in [1.807, 2.05) is 0 Å². The third-order valence-electron chi connectivity index (χ3n) is 3.22. The van der Waals surface area contributed by atoms with Gasteiger partial charge >= 0.3 is 0 Å². The minimum Gasteiger partial charge on any atom is -0.171 e. The van der Waals surface area contributed by atoms with E-state index in [0.717, 1.165) is 5.92 Å². The van der Waals surface area contributed by atoms with Gasteiger partial charge in [-0.3, -0.25) is 0 Å². The molecular formula is C11H18S. The molecule has 0 fully saturated rings. The Labute approximate surface area is 80.8 Å². The van der Waals surface area contributed by atoms with Crippen LogP contribution >= 0.6 is 12.6 Å². The molecule has 0 aromatic rings. The smallest absolute Gasteiger partial charge is 0.0226 e. The summed E-state index contributed by atoms with van der Waals surface area (Å²) in [5.74, 6) is 0.906. The highest BCUT2D eigenvalue weighted by atomic mass is 32.1. The molecule has 0 nitrogen and oxygen atoms in total. The largest absolute Gasteiger partial charge is 0.171 e. The summed E-state index contributed by atoms with van der Waals surface area (Å²) in [6.45, 7) is 0. The molecule has 12 heavy (non-hydrogen) atoms. The molecule has 2 atom stereocenters. The minimum atomic E-state index is 0.591. The van der Waals surface area contributed by atoms with Crippen LogP contribution in [-0.2, 0) is 0 Å². The Hall–Kier alpha value is 0.0900. The van der Waals surface area contributed by atoms with Crippen LogP contribution < -0.4 is 0 Å².